The van der Waals surface area contributed by atoms with E-state index in [1.807, 2.05) is 18.3 Å². The zero-order chi connectivity index (χ0) is 23.6. The van der Waals surface area contributed by atoms with Crippen LogP contribution < -0.4 is 0 Å². The fourth-order valence-corrected chi connectivity index (χ4v) is 3.54. The molecule has 1 atom stereocenters. The van der Waals surface area contributed by atoms with Crippen molar-refractivity contribution < 1.29 is 19.4 Å². The molecule has 33 heavy (non-hydrogen) atoms. The number of benzene rings is 1. The second kappa shape index (κ2) is 8.85. The monoisotopic (exact) mass is 447 g/mol. The van der Waals surface area contributed by atoms with E-state index in [0.29, 0.717) is 5.65 Å². The summed E-state index contributed by atoms with van der Waals surface area (Å²) in [6.45, 7) is 5.43. The summed E-state index contributed by atoms with van der Waals surface area (Å²) in [6.07, 6.45) is 8.04. The lowest BCUT2D eigenvalue weighted by Crippen LogP contribution is -2.23. The molecule has 0 unspecified atom stereocenters. The van der Waals surface area contributed by atoms with Crippen LogP contribution in [0.15, 0.2) is 55.1 Å². The Kier molecular flexibility index (Phi) is 5.95. The van der Waals surface area contributed by atoms with Crippen molar-refractivity contribution in [3.8, 4) is 16.9 Å². The number of nitrogens with zero attached hydrogens (tertiary/aromatic N) is 5. The first-order chi connectivity index (χ1) is 15.8. The maximum absolute atomic E-state index is 12.1. The fraction of sp³-hybridized carbons (Fsp3) is 0.292. The molecule has 0 bridgehead atoms. The molecule has 4 aromatic rings. The number of aromatic hydroxyl groups is 1. The number of carbonyl (C=O) groups excluding carboxylic acids is 2. The van der Waals surface area contributed by atoms with Gasteiger partial charge in [-0.3, -0.25) is 14.0 Å². The van der Waals surface area contributed by atoms with Gasteiger partial charge in [0.15, 0.2) is 12.4 Å². The first kappa shape index (κ1) is 22.2. The van der Waals surface area contributed by atoms with Gasteiger partial charge < -0.3 is 14.6 Å². The third-order valence-electron chi connectivity index (χ3n) is 5.32. The van der Waals surface area contributed by atoms with Gasteiger partial charge in [-0.15, -0.1) is 5.10 Å². The Morgan fingerprint density at radius 2 is 2.06 bits per heavy atom. The van der Waals surface area contributed by atoms with Crippen molar-refractivity contribution in [2.45, 2.75) is 40.0 Å². The standard InChI is InChI=1S/C24H25N5O4/c1-24(2,3)23(32)33-15-28-9-7-19-20(13-25-27-22(19)28)17-12-26-29(14-17)21(8-10-30)16-5-4-6-18(31)11-16/h4-7,9-14,21,31H,8,15H2,1-3H3/t21-/m1/s1. The number of hydrogen-bond donors (Lipinski definition) is 1. The van der Waals surface area contributed by atoms with Crippen molar-refractivity contribution in [1.29, 1.82) is 0 Å². The Hall–Kier alpha value is -4.01. The van der Waals surface area contributed by atoms with E-state index in [2.05, 4.69) is 15.3 Å². The molecule has 0 radical (unpaired) electrons. The van der Waals surface area contributed by atoms with Crippen LogP contribution in [0.4, 0.5) is 0 Å². The van der Waals surface area contributed by atoms with Crippen LogP contribution in [0.1, 0.15) is 38.8 Å². The molecule has 1 aromatic carbocycles. The predicted molar refractivity (Wildman–Crippen MR) is 121 cm³/mol. The van der Waals surface area contributed by atoms with Crippen molar-refractivity contribution in [3.05, 3.63) is 60.7 Å². The number of phenolic OH excluding ortho intramolecular Hbond substituents is 1. The maximum atomic E-state index is 12.1. The van der Waals surface area contributed by atoms with E-state index in [9.17, 15) is 14.7 Å². The number of carbonyl (C=O) groups is 2. The van der Waals surface area contributed by atoms with Crippen molar-refractivity contribution >= 4 is 23.3 Å². The second-order valence-electron chi connectivity index (χ2n) is 8.81. The lowest BCUT2D eigenvalue weighted by molar-refractivity contribution is -0.156. The maximum Gasteiger partial charge on any atom is 0.312 e. The molecule has 0 amide bonds. The zero-order valence-corrected chi connectivity index (χ0v) is 18.7. The zero-order valence-electron chi connectivity index (χ0n) is 18.7. The van der Waals surface area contributed by atoms with E-state index in [-0.39, 0.29) is 30.9 Å². The summed E-state index contributed by atoms with van der Waals surface area (Å²) in [5.74, 6) is -0.174. The highest BCUT2D eigenvalue weighted by Gasteiger charge is 2.23. The van der Waals surface area contributed by atoms with Gasteiger partial charge in [0.05, 0.1) is 23.9 Å². The summed E-state index contributed by atoms with van der Waals surface area (Å²) in [7, 11) is 0. The summed E-state index contributed by atoms with van der Waals surface area (Å²) in [5.41, 5.74) is 2.38. The van der Waals surface area contributed by atoms with Gasteiger partial charge >= 0.3 is 5.97 Å². The van der Waals surface area contributed by atoms with Gasteiger partial charge in [-0.25, -0.2) is 0 Å². The molecule has 0 saturated carbocycles. The van der Waals surface area contributed by atoms with Gasteiger partial charge in [-0.05, 0) is 44.5 Å². The summed E-state index contributed by atoms with van der Waals surface area (Å²) < 4.78 is 8.84. The van der Waals surface area contributed by atoms with Crippen molar-refractivity contribution in [2.75, 3.05) is 0 Å². The van der Waals surface area contributed by atoms with Gasteiger partial charge in [0.2, 0.25) is 0 Å². The molecule has 9 nitrogen and oxygen atoms in total. The molecule has 0 aliphatic rings. The summed E-state index contributed by atoms with van der Waals surface area (Å²) in [5, 5.41) is 23.5. The summed E-state index contributed by atoms with van der Waals surface area (Å²) >= 11 is 0. The lowest BCUT2D eigenvalue weighted by Gasteiger charge is -2.16. The average Bonchev–Trinajstić information content (AvgIpc) is 3.42. The third-order valence-corrected chi connectivity index (χ3v) is 5.32. The van der Waals surface area contributed by atoms with E-state index in [0.717, 1.165) is 28.4 Å². The first-order valence-corrected chi connectivity index (χ1v) is 10.5. The van der Waals surface area contributed by atoms with Crippen LogP contribution in [-0.2, 0) is 21.1 Å². The molecule has 0 aliphatic heterocycles. The number of hydrogen-bond acceptors (Lipinski definition) is 7. The van der Waals surface area contributed by atoms with E-state index >= 15 is 0 Å². The number of rotatable bonds is 7. The average molecular weight is 447 g/mol. The van der Waals surface area contributed by atoms with E-state index < -0.39 is 5.41 Å². The van der Waals surface area contributed by atoms with Gasteiger partial charge in [0.1, 0.15) is 12.0 Å². The number of ether oxygens (including phenoxy) is 1. The van der Waals surface area contributed by atoms with Crippen LogP contribution in [0.25, 0.3) is 22.2 Å². The molecular formula is C24H25N5O4. The van der Waals surface area contributed by atoms with Crippen LogP contribution in [0.5, 0.6) is 5.75 Å². The number of esters is 1. The first-order valence-electron chi connectivity index (χ1n) is 10.5. The molecule has 4 rings (SSSR count). The van der Waals surface area contributed by atoms with Crippen molar-refractivity contribution in [1.82, 2.24) is 24.5 Å². The van der Waals surface area contributed by atoms with E-state index in [4.69, 9.17) is 4.74 Å². The third kappa shape index (κ3) is 4.62. The molecule has 0 aliphatic carbocycles. The molecule has 3 heterocycles. The Balaban J connectivity index is 1.64. The molecule has 0 fully saturated rings. The van der Waals surface area contributed by atoms with Crippen LogP contribution in [0.2, 0.25) is 0 Å². The number of fused-ring (bicyclic) bond motifs is 1. The molecule has 1 N–H and O–H groups in total. The predicted octanol–water partition coefficient (Wildman–Crippen LogP) is 3.73. The highest BCUT2D eigenvalue weighted by atomic mass is 16.5. The summed E-state index contributed by atoms with van der Waals surface area (Å²) in [4.78, 5) is 23.4. The van der Waals surface area contributed by atoms with Crippen LogP contribution in [0.3, 0.4) is 0 Å². The molecule has 0 saturated heterocycles. The molecule has 0 spiro atoms. The van der Waals surface area contributed by atoms with Gasteiger partial charge in [-0.1, -0.05) is 12.1 Å². The number of aromatic nitrogens is 5. The Morgan fingerprint density at radius 3 is 2.79 bits per heavy atom. The minimum atomic E-state index is -0.595. The van der Waals surface area contributed by atoms with Gasteiger partial charge in [0, 0.05) is 35.3 Å². The van der Waals surface area contributed by atoms with Crippen LogP contribution >= 0.6 is 0 Å². The normalized spacial score (nSPS) is 12.6. The Morgan fingerprint density at radius 1 is 1.24 bits per heavy atom. The largest absolute Gasteiger partial charge is 0.508 e. The minimum Gasteiger partial charge on any atom is -0.508 e. The fourth-order valence-electron chi connectivity index (χ4n) is 3.54. The molecule has 170 valence electrons. The van der Waals surface area contributed by atoms with Gasteiger partial charge in [-0.2, -0.15) is 10.2 Å². The minimum absolute atomic E-state index is 0.0376. The van der Waals surface area contributed by atoms with Crippen LogP contribution in [0, 0.1) is 5.41 Å². The van der Waals surface area contributed by atoms with Crippen molar-refractivity contribution in [2.24, 2.45) is 5.41 Å². The Bertz CT molecular complexity index is 1300. The number of phenols is 1. The molecule has 3 aromatic heterocycles. The van der Waals surface area contributed by atoms with E-state index in [1.165, 1.54) is 0 Å². The van der Waals surface area contributed by atoms with Gasteiger partial charge in [0.25, 0.3) is 0 Å². The van der Waals surface area contributed by atoms with E-state index in [1.54, 1.807) is 66.8 Å². The van der Waals surface area contributed by atoms with Crippen molar-refractivity contribution in [3.63, 3.8) is 0 Å². The lowest BCUT2D eigenvalue weighted by atomic mass is 9.98. The second-order valence-corrected chi connectivity index (χ2v) is 8.81. The highest BCUT2D eigenvalue weighted by Crippen LogP contribution is 2.30. The summed E-state index contributed by atoms with van der Waals surface area (Å²) in [6, 6.07) is 8.33. The van der Waals surface area contributed by atoms with Crippen LogP contribution in [-0.4, -0.2) is 41.9 Å². The topological polar surface area (TPSA) is 112 Å². The smallest absolute Gasteiger partial charge is 0.312 e. The SMILES string of the molecule is CC(C)(C)C(=O)OCn1ccc2c(-c3cnn([C@H](CC=O)c4cccc(O)c4)c3)cnnc21. The number of aldehydes is 1. The highest BCUT2D eigenvalue weighted by molar-refractivity contribution is 5.92. The molecular weight excluding hydrogens is 422 g/mol. The molecule has 9 heteroatoms. The Labute approximate surface area is 190 Å². The quantitative estimate of drug-likeness (QED) is 0.339.